The van der Waals surface area contributed by atoms with Gasteiger partial charge in [-0.05, 0) is 36.2 Å². The van der Waals surface area contributed by atoms with E-state index in [1.165, 1.54) is 0 Å². The molecular formula is C21H27N5O3. The van der Waals surface area contributed by atoms with E-state index in [4.69, 9.17) is 4.74 Å². The molecule has 0 bridgehead atoms. The van der Waals surface area contributed by atoms with Crippen LogP contribution in [0.25, 0.3) is 0 Å². The van der Waals surface area contributed by atoms with E-state index in [1.54, 1.807) is 54.7 Å². The molecule has 2 heterocycles. The highest BCUT2D eigenvalue weighted by molar-refractivity contribution is 5.97. The van der Waals surface area contributed by atoms with E-state index in [0.717, 1.165) is 0 Å². The van der Waals surface area contributed by atoms with Crippen molar-refractivity contribution in [1.82, 2.24) is 20.2 Å². The van der Waals surface area contributed by atoms with Crippen LogP contribution in [0.15, 0.2) is 42.7 Å². The Labute approximate surface area is 170 Å². The highest BCUT2D eigenvalue weighted by Gasteiger charge is 2.31. The number of carbonyl (C=O) groups excluding carboxylic acids is 2. The van der Waals surface area contributed by atoms with Crippen molar-refractivity contribution in [3.63, 3.8) is 0 Å². The lowest BCUT2D eigenvalue weighted by atomic mass is 10.0. The minimum atomic E-state index is -0.580. The van der Waals surface area contributed by atoms with Crippen LogP contribution in [0.3, 0.4) is 0 Å². The van der Waals surface area contributed by atoms with Gasteiger partial charge in [-0.15, -0.1) is 0 Å². The van der Waals surface area contributed by atoms with Gasteiger partial charge in [0.25, 0.3) is 5.91 Å². The number of methoxy groups -OCH3 is 1. The molecular weight excluding hydrogens is 370 g/mol. The lowest BCUT2D eigenvalue weighted by molar-refractivity contribution is -0.134. The highest BCUT2D eigenvalue weighted by Crippen LogP contribution is 2.15. The summed E-state index contributed by atoms with van der Waals surface area (Å²) >= 11 is 0. The van der Waals surface area contributed by atoms with Crippen molar-refractivity contribution in [2.45, 2.75) is 19.9 Å². The molecule has 1 N–H and O–H groups in total. The number of rotatable bonds is 6. The van der Waals surface area contributed by atoms with Gasteiger partial charge < -0.3 is 19.9 Å². The zero-order chi connectivity index (χ0) is 20.8. The number of aromatic nitrogens is 2. The molecule has 29 heavy (non-hydrogen) atoms. The molecule has 1 saturated heterocycles. The van der Waals surface area contributed by atoms with E-state index >= 15 is 0 Å². The zero-order valence-electron chi connectivity index (χ0n) is 17.0. The van der Waals surface area contributed by atoms with Crippen molar-refractivity contribution in [3.8, 4) is 5.75 Å². The molecule has 0 saturated carbocycles. The summed E-state index contributed by atoms with van der Waals surface area (Å²) in [5, 5.41) is 2.90. The molecule has 1 aromatic carbocycles. The first-order valence-corrected chi connectivity index (χ1v) is 9.75. The van der Waals surface area contributed by atoms with Crippen LogP contribution in [0, 0.1) is 5.92 Å². The predicted octanol–water partition coefficient (Wildman–Crippen LogP) is 1.59. The number of nitrogens with zero attached hydrogens (tertiary/aromatic N) is 4. The van der Waals surface area contributed by atoms with Gasteiger partial charge in [0.15, 0.2) is 0 Å². The summed E-state index contributed by atoms with van der Waals surface area (Å²) in [6.45, 7) is 6.33. The van der Waals surface area contributed by atoms with E-state index in [0.29, 0.717) is 43.4 Å². The van der Waals surface area contributed by atoms with Gasteiger partial charge in [-0.25, -0.2) is 9.97 Å². The monoisotopic (exact) mass is 397 g/mol. The molecule has 0 radical (unpaired) electrons. The van der Waals surface area contributed by atoms with Crippen molar-refractivity contribution in [2.75, 3.05) is 38.2 Å². The lowest BCUT2D eigenvalue weighted by Crippen LogP contribution is -2.56. The summed E-state index contributed by atoms with van der Waals surface area (Å²) in [6, 6.07) is 8.03. The van der Waals surface area contributed by atoms with Crippen LogP contribution in [0.2, 0.25) is 0 Å². The van der Waals surface area contributed by atoms with E-state index in [-0.39, 0.29) is 17.7 Å². The standard InChI is InChI=1S/C21H27N5O3/c1-15(2)18(24-19(27)16-5-7-17(29-3)8-6-16)20(28)25-11-13-26(14-12-25)21-22-9-4-10-23-21/h4-10,15,18H,11-14H2,1-3H3,(H,24,27)/t18-/m0/s1. The number of nitrogens with one attached hydrogen (secondary N) is 1. The smallest absolute Gasteiger partial charge is 0.251 e. The largest absolute Gasteiger partial charge is 0.497 e. The number of hydrogen-bond acceptors (Lipinski definition) is 6. The number of ether oxygens (including phenoxy) is 1. The van der Waals surface area contributed by atoms with Crippen molar-refractivity contribution in [1.29, 1.82) is 0 Å². The van der Waals surface area contributed by atoms with Crippen molar-refractivity contribution in [2.24, 2.45) is 5.92 Å². The number of piperazine rings is 1. The van der Waals surface area contributed by atoms with Gasteiger partial charge in [-0.2, -0.15) is 0 Å². The molecule has 1 atom stereocenters. The van der Waals surface area contributed by atoms with Gasteiger partial charge in [0, 0.05) is 44.1 Å². The average molecular weight is 397 g/mol. The number of amides is 2. The van der Waals surface area contributed by atoms with Crippen molar-refractivity contribution >= 4 is 17.8 Å². The highest BCUT2D eigenvalue weighted by atomic mass is 16.5. The second-order valence-corrected chi connectivity index (χ2v) is 7.28. The molecule has 3 rings (SSSR count). The topological polar surface area (TPSA) is 87.7 Å². The maximum absolute atomic E-state index is 13.1. The number of anilines is 1. The first-order valence-electron chi connectivity index (χ1n) is 9.75. The molecule has 0 unspecified atom stereocenters. The van der Waals surface area contributed by atoms with Crippen molar-refractivity contribution < 1.29 is 14.3 Å². The van der Waals surface area contributed by atoms with Crippen LogP contribution in [0.5, 0.6) is 5.75 Å². The summed E-state index contributed by atoms with van der Waals surface area (Å²) in [6.07, 6.45) is 3.42. The molecule has 1 aromatic heterocycles. The molecule has 8 nitrogen and oxygen atoms in total. The first kappa shape index (κ1) is 20.6. The van der Waals surface area contributed by atoms with Gasteiger partial charge >= 0.3 is 0 Å². The van der Waals surface area contributed by atoms with E-state index in [2.05, 4.69) is 20.2 Å². The van der Waals surface area contributed by atoms with Gasteiger partial charge in [0.05, 0.1) is 7.11 Å². The van der Waals surface area contributed by atoms with Crippen molar-refractivity contribution in [3.05, 3.63) is 48.3 Å². The Morgan fingerprint density at radius 3 is 2.21 bits per heavy atom. The maximum atomic E-state index is 13.1. The molecule has 0 spiro atoms. The van der Waals surface area contributed by atoms with Gasteiger partial charge in [-0.3, -0.25) is 9.59 Å². The van der Waals surface area contributed by atoms with E-state index in [9.17, 15) is 9.59 Å². The second-order valence-electron chi connectivity index (χ2n) is 7.28. The number of hydrogen-bond donors (Lipinski definition) is 1. The Morgan fingerprint density at radius 1 is 1.03 bits per heavy atom. The lowest BCUT2D eigenvalue weighted by Gasteiger charge is -2.37. The fourth-order valence-corrected chi connectivity index (χ4v) is 3.26. The normalized spacial score (nSPS) is 15.2. The Balaban J connectivity index is 1.61. The molecule has 2 amide bonds. The molecule has 1 aliphatic heterocycles. The second kappa shape index (κ2) is 9.36. The van der Waals surface area contributed by atoms with Crippen LogP contribution in [-0.2, 0) is 4.79 Å². The number of benzene rings is 1. The third-order valence-corrected chi connectivity index (χ3v) is 5.00. The third-order valence-electron chi connectivity index (χ3n) is 5.00. The van der Waals surface area contributed by atoms with Gasteiger partial charge in [0.1, 0.15) is 11.8 Å². The first-order chi connectivity index (χ1) is 14.0. The van der Waals surface area contributed by atoms with Gasteiger partial charge in [0.2, 0.25) is 11.9 Å². The quantitative estimate of drug-likeness (QED) is 0.797. The van der Waals surface area contributed by atoms with Crippen LogP contribution in [0.1, 0.15) is 24.2 Å². The summed E-state index contributed by atoms with van der Waals surface area (Å²) in [5.41, 5.74) is 0.496. The Morgan fingerprint density at radius 2 is 1.66 bits per heavy atom. The molecule has 8 heteroatoms. The minimum absolute atomic E-state index is 0.0276. The Bertz CT molecular complexity index is 818. The SMILES string of the molecule is COc1ccc(C(=O)N[C@H](C(=O)N2CCN(c3ncccn3)CC2)C(C)C)cc1. The molecule has 1 aliphatic rings. The van der Waals surface area contributed by atoms with Crippen LogP contribution in [0.4, 0.5) is 5.95 Å². The maximum Gasteiger partial charge on any atom is 0.251 e. The van der Waals surface area contributed by atoms with E-state index < -0.39 is 6.04 Å². The van der Waals surface area contributed by atoms with Gasteiger partial charge in [-0.1, -0.05) is 13.8 Å². The third kappa shape index (κ3) is 5.01. The summed E-state index contributed by atoms with van der Waals surface area (Å²) in [5.74, 6) is 0.998. The minimum Gasteiger partial charge on any atom is -0.497 e. The van der Waals surface area contributed by atoms with E-state index in [1.807, 2.05) is 13.8 Å². The predicted molar refractivity (Wildman–Crippen MR) is 110 cm³/mol. The fourth-order valence-electron chi connectivity index (χ4n) is 3.26. The summed E-state index contributed by atoms with van der Waals surface area (Å²) in [7, 11) is 1.58. The fraction of sp³-hybridized carbons (Fsp3) is 0.429. The Hall–Kier alpha value is -3.16. The molecule has 1 fully saturated rings. The summed E-state index contributed by atoms with van der Waals surface area (Å²) in [4.78, 5) is 38.1. The number of carbonyl (C=O) groups is 2. The van der Waals surface area contributed by atoms with Crippen LogP contribution < -0.4 is 15.0 Å². The Kier molecular flexibility index (Phi) is 6.64. The van der Waals surface area contributed by atoms with Crippen LogP contribution >= 0.6 is 0 Å². The zero-order valence-corrected chi connectivity index (χ0v) is 17.0. The molecule has 0 aliphatic carbocycles. The summed E-state index contributed by atoms with van der Waals surface area (Å²) < 4.78 is 5.12. The molecule has 2 aromatic rings. The average Bonchev–Trinajstić information content (AvgIpc) is 2.77. The molecule has 154 valence electrons. The van der Waals surface area contributed by atoms with Crippen LogP contribution in [-0.4, -0.2) is 66.0 Å².